The second-order valence-electron chi connectivity index (χ2n) is 8.16. The Morgan fingerprint density at radius 2 is 1.89 bits per heavy atom. The van der Waals surface area contributed by atoms with Gasteiger partial charge in [-0.2, -0.15) is 0 Å². The summed E-state index contributed by atoms with van der Waals surface area (Å²) in [7, 11) is -1.87. The Hall–Kier alpha value is -0.193. The molecule has 2 heterocycles. The first-order valence-electron chi connectivity index (χ1n) is 7.31. The normalized spacial score (nSPS) is 39.7. The predicted octanol–water partition coefficient (Wildman–Crippen LogP) is 3.68. The van der Waals surface area contributed by atoms with E-state index in [2.05, 4.69) is 40.8 Å². The first-order valence-corrected chi connectivity index (χ1v) is 10.2. The average Bonchev–Trinajstić information content (AvgIpc) is 2.39. The number of ether oxygens (including phenoxy) is 1. The van der Waals surface area contributed by atoms with E-state index < -0.39 is 13.9 Å². The molecule has 0 N–H and O–H groups in total. The van der Waals surface area contributed by atoms with Crippen molar-refractivity contribution < 1.29 is 14.0 Å². The minimum atomic E-state index is -1.87. The molecular weight excluding hydrogens is 256 g/mol. The Morgan fingerprint density at radius 3 is 2.42 bits per heavy atom. The number of fused-ring (bicyclic) bond motifs is 2. The van der Waals surface area contributed by atoms with Crippen LogP contribution in [-0.4, -0.2) is 31.4 Å². The summed E-state index contributed by atoms with van der Waals surface area (Å²) in [6.07, 6.45) is 2.33. The summed E-state index contributed by atoms with van der Waals surface area (Å²) in [6.45, 7) is 15.1. The van der Waals surface area contributed by atoms with Gasteiger partial charge in [0, 0.05) is 6.42 Å². The summed E-state index contributed by atoms with van der Waals surface area (Å²) in [5.41, 5.74) is -0.971. The van der Waals surface area contributed by atoms with Gasteiger partial charge in [-0.1, -0.05) is 20.8 Å². The number of hydrogen-bond acceptors (Lipinski definition) is 3. The van der Waals surface area contributed by atoms with Gasteiger partial charge in [0.1, 0.15) is 5.60 Å². The molecule has 2 rings (SSSR count). The number of ketones is 1. The SMILES string of the molecule is CC(C)(C)[Si](C)(C)O[C@H]1CC[C@]2(C)CC(=O)[C@@]1(C)O2. The van der Waals surface area contributed by atoms with E-state index in [1.165, 1.54) is 0 Å². The molecule has 3 atom stereocenters. The van der Waals surface area contributed by atoms with Gasteiger partial charge in [-0.25, -0.2) is 0 Å². The molecule has 3 nitrogen and oxygen atoms in total. The van der Waals surface area contributed by atoms with Crippen LogP contribution in [0.1, 0.15) is 53.9 Å². The molecule has 0 aromatic heterocycles. The molecule has 0 amide bonds. The first kappa shape index (κ1) is 15.2. The van der Waals surface area contributed by atoms with E-state index in [9.17, 15) is 4.79 Å². The quantitative estimate of drug-likeness (QED) is 0.726. The first-order chi connectivity index (χ1) is 8.40. The zero-order valence-electron chi connectivity index (χ0n) is 13.4. The molecule has 0 aromatic rings. The fourth-order valence-electron chi connectivity index (χ4n) is 2.92. The summed E-state index contributed by atoms with van der Waals surface area (Å²) in [6, 6.07) is 0. The lowest BCUT2D eigenvalue weighted by Gasteiger charge is -2.46. The number of carbonyl (C=O) groups is 1. The Balaban J connectivity index is 2.21. The maximum absolute atomic E-state index is 12.3. The summed E-state index contributed by atoms with van der Waals surface area (Å²) in [5.74, 6) is 0.219. The highest BCUT2D eigenvalue weighted by Gasteiger charge is 2.60. The van der Waals surface area contributed by atoms with Gasteiger partial charge >= 0.3 is 0 Å². The van der Waals surface area contributed by atoms with E-state index in [4.69, 9.17) is 9.16 Å². The van der Waals surface area contributed by atoms with Gasteiger partial charge in [-0.3, -0.25) is 4.79 Å². The highest BCUT2D eigenvalue weighted by Crippen LogP contribution is 2.49. The zero-order chi connectivity index (χ0) is 14.7. The molecule has 4 heteroatoms. The lowest BCUT2D eigenvalue weighted by atomic mass is 9.92. The van der Waals surface area contributed by atoms with Gasteiger partial charge in [0.2, 0.25) is 0 Å². The van der Waals surface area contributed by atoms with E-state index in [1.54, 1.807) is 0 Å². The Labute approximate surface area is 118 Å². The smallest absolute Gasteiger partial charge is 0.192 e. The maximum Gasteiger partial charge on any atom is 0.192 e. The number of carbonyl (C=O) groups excluding carboxylic acids is 1. The fraction of sp³-hybridized carbons (Fsp3) is 0.933. The molecule has 19 heavy (non-hydrogen) atoms. The summed E-state index contributed by atoms with van der Waals surface area (Å²) < 4.78 is 12.6. The standard InChI is InChI=1S/C15H28O3Si/c1-13(2,3)19(6,7)17-12-8-9-14(4)10-11(16)15(12,5)18-14/h12H,8-10H2,1-7H3/t12-,14+,15+/m0/s1. The molecule has 0 aromatic carbocycles. The van der Waals surface area contributed by atoms with Gasteiger partial charge in [-0.15, -0.1) is 0 Å². The van der Waals surface area contributed by atoms with Gasteiger partial charge in [-0.05, 0) is 44.8 Å². The summed E-state index contributed by atoms with van der Waals surface area (Å²) >= 11 is 0. The lowest BCUT2D eigenvalue weighted by Crippen LogP contribution is -2.56. The van der Waals surface area contributed by atoms with Crippen LogP contribution in [0.4, 0.5) is 0 Å². The third-order valence-corrected chi connectivity index (χ3v) is 9.83. The van der Waals surface area contributed by atoms with Crippen molar-refractivity contribution in [3.63, 3.8) is 0 Å². The molecule has 0 spiro atoms. The van der Waals surface area contributed by atoms with Crippen LogP contribution >= 0.6 is 0 Å². The van der Waals surface area contributed by atoms with Gasteiger partial charge in [0.25, 0.3) is 0 Å². The molecule has 0 unspecified atom stereocenters. The van der Waals surface area contributed by atoms with Crippen molar-refractivity contribution in [1.82, 2.24) is 0 Å². The van der Waals surface area contributed by atoms with E-state index in [0.717, 1.165) is 12.8 Å². The largest absolute Gasteiger partial charge is 0.411 e. The van der Waals surface area contributed by atoms with Gasteiger partial charge < -0.3 is 9.16 Å². The fourth-order valence-corrected chi connectivity index (χ4v) is 4.33. The van der Waals surface area contributed by atoms with Crippen molar-refractivity contribution in [2.45, 2.75) is 89.3 Å². The molecule has 2 aliphatic heterocycles. The van der Waals surface area contributed by atoms with Crippen LogP contribution in [-0.2, 0) is 14.0 Å². The molecule has 2 saturated heterocycles. The maximum atomic E-state index is 12.3. The van der Waals surface area contributed by atoms with E-state index in [1.807, 2.05) is 6.92 Å². The monoisotopic (exact) mass is 284 g/mol. The average molecular weight is 284 g/mol. The van der Waals surface area contributed by atoms with E-state index >= 15 is 0 Å². The number of hydrogen-bond donors (Lipinski definition) is 0. The molecule has 0 saturated carbocycles. The van der Waals surface area contributed by atoms with Crippen molar-refractivity contribution in [2.75, 3.05) is 0 Å². The van der Waals surface area contributed by atoms with Crippen LogP contribution in [0, 0.1) is 0 Å². The van der Waals surface area contributed by atoms with Gasteiger partial charge in [0.15, 0.2) is 14.1 Å². The molecule has 0 aliphatic carbocycles. The Kier molecular flexibility index (Phi) is 3.32. The second kappa shape index (κ2) is 4.15. The molecule has 2 bridgehead atoms. The van der Waals surface area contributed by atoms with Crippen LogP contribution in [0.3, 0.4) is 0 Å². The molecule has 2 aliphatic rings. The molecule has 2 fully saturated rings. The predicted molar refractivity (Wildman–Crippen MR) is 78.8 cm³/mol. The van der Waals surface area contributed by atoms with Crippen LogP contribution in [0.15, 0.2) is 0 Å². The summed E-state index contributed by atoms with van der Waals surface area (Å²) in [4.78, 5) is 12.3. The van der Waals surface area contributed by atoms with Crippen molar-refractivity contribution >= 4 is 14.1 Å². The number of rotatable bonds is 2. The van der Waals surface area contributed by atoms with Gasteiger partial charge in [0.05, 0.1) is 11.7 Å². The van der Waals surface area contributed by atoms with Crippen molar-refractivity contribution in [3.05, 3.63) is 0 Å². The van der Waals surface area contributed by atoms with Crippen LogP contribution < -0.4 is 0 Å². The van der Waals surface area contributed by atoms with Crippen LogP contribution in [0.2, 0.25) is 18.1 Å². The third kappa shape index (κ3) is 2.43. The van der Waals surface area contributed by atoms with Crippen molar-refractivity contribution in [2.24, 2.45) is 0 Å². The highest BCUT2D eigenvalue weighted by atomic mass is 28.4. The molecule has 0 radical (unpaired) electrons. The van der Waals surface area contributed by atoms with Crippen LogP contribution in [0.25, 0.3) is 0 Å². The minimum absolute atomic E-state index is 0.0727. The minimum Gasteiger partial charge on any atom is -0.411 e. The second-order valence-corrected chi connectivity index (χ2v) is 12.9. The van der Waals surface area contributed by atoms with Crippen molar-refractivity contribution in [1.29, 1.82) is 0 Å². The van der Waals surface area contributed by atoms with E-state index in [0.29, 0.717) is 6.42 Å². The lowest BCUT2D eigenvalue weighted by molar-refractivity contribution is -0.178. The van der Waals surface area contributed by atoms with Crippen LogP contribution in [0.5, 0.6) is 0 Å². The zero-order valence-corrected chi connectivity index (χ0v) is 14.4. The Bertz CT molecular complexity index is 399. The summed E-state index contributed by atoms with van der Waals surface area (Å²) in [5, 5.41) is 0.158. The molecule has 110 valence electrons. The number of Topliss-reactive ketones (excluding diaryl/α,β-unsaturated/α-hetero) is 1. The molecular formula is C15H28O3Si. The Morgan fingerprint density at radius 1 is 1.32 bits per heavy atom. The van der Waals surface area contributed by atoms with E-state index in [-0.39, 0.29) is 22.5 Å². The third-order valence-electron chi connectivity index (χ3n) is 5.34. The van der Waals surface area contributed by atoms with Crippen molar-refractivity contribution in [3.8, 4) is 0 Å². The topological polar surface area (TPSA) is 35.5 Å². The highest BCUT2D eigenvalue weighted by molar-refractivity contribution is 6.74.